The first-order valence-electron chi connectivity index (χ1n) is 5.90. The van der Waals surface area contributed by atoms with E-state index in [4.69, 9.17) is 10.2 Å². The molecule has 2 rings (SSSR count). The smallest absolute Gasteiger partial charge is 0.222 e. The second kappa shape index (κ2) is 4.68. The van der Waals surface area contributed by atoms with Gasteiger partial charge in [-0.3, -0.25) is 0 Å². The van der Waals surface area contributed by atoms with Crippen LogP contribution in [0.3, 0.4) is 0 Å². The van der Waals surface area contributed by atoms with Crippen molar-refractivity contribution in [2.75, 3.05) is 11.1 Å². The molecule has 96 valence electrons. The number of nitrogens with one attached hydrogen (secondary N) is 1. The SMILES string of the molecule is Cc1cc(NC(C)c2cc(C)oc2C)nc(N)n1. The van der Waals surface area contributed by atoms with Crippen LogP contribution in [-0.4, -0.2) is 9.97 Å². The third kappa shape index (κ3) is 2.61. The second-order valence-electron chi connectivity index (χ2n) is 4.49. The highest BCUT2D eigenvalue weighted by Gasteiger charge is 2.13. The third-order valence-electron chi connectivity index (χ3n) is 2.78. The van der Waals surface area contributed by atoms with Crippen LogP contribution >= 0.6 is 0 Å². The Morgan fingerprint density at radius 2 is 1.94 bits per heavy atom. The Hall–Kier alpha value is -2.04. The van der Waals surface area contributed by atoms with E-state index in [0.29, 0.717) is 0 Å². The normalized spacial score (nSPS) is 12.4. The van der Waals surface area contributed by atoms with E-state index in [1.165, 1.54) is 0 Å². The summed E-state index contributed by atoms with van der Waals surface area (Å²) in [6, 6.07) is 4.01. The Kier molecular flexibility index (Phi) is 3.23. The number of aryl methyl sites for hydroxylation is 3. The molecule has 5 nitrogen and oxygen atoms in total. The van der Waals surface area contributed by atoms with Crippen LogP contribution in [0.25, 0.3) is 0 Å². The Labute approximate surface area is 106 Å². The van der Waals surface area contributed by atoms with Crippen LogP contribution in [0.2, 0.25) is 0 Å². The summed E-state index contributed by atoms with van der Waals surface area (Å²) in [6.07, 6.45) is 0. The fourth-order valence-corrected chi connectivity index (χ4v) is 2.05. The standard InChI is InChI=1S/C13H18N4O/c1-7-5-12(17-13(14)15-7)16-9(3)11-6-8(2)18-10(11)4/h5-6,9H,1-4H3,(H3,14,15,16,17). The van der Waals surface area contributed by atoms with Crippen molar-refractivity contribution >= 4 is 11.8 Å². The summed E-state index contributed by atoms with van der Waals surface area (Å²) in [5, 5.41) is 3.30. The summed E-state index contributed by atoms with van der Waals surface area (Å²) < 4.78 is 5.52. The van der Waals surface area contributed by atoms with Gasteiger partial charge in [-0.25, -0.2) is 4.98 Å². The molecule has 1 unspecified atom stereocenters. The van der Waals surface area contributed by atoms with Gasteiger partial charge in [0.1, 0.15) is 17.3 Å². The average Bonchev–Trinajstić information content (AvgIpc) is 2.56. The average molecular weight is 246 g/mol. The van der Waals surface area contributed by atoms with Crippen molar-refractivity contribution in [2.45, 2.75) is 33.7 Å². The van der Waals surface area contributed by atoms with E-state index in [2.05, 4.69) is 22.2 Å². The molecule has 0 fully saturated rings. The number of nitrogen functional groups attached to an aromatic ring is 1. The number of aromatic nitrogens is 2. The molecule has 18 heavy (non-hydrogen) atoms. The zero-order valence-corrected chi connectivity index (χ0v) is 11.1. The van der Waals surface area contributed by atoms with Crippen molar-refractivity contribution in [3.05, 3.63) is 34.9 Å². The molecule has 0 aliphatic rings. The van der Waals surface area contributed by atoms with Gasteiger partial charge in [-0.15, -0.1) is 0 Å². The van der Waals surface area contributed by atoms with Gasteiger partial charge in [0.15, 0.2) is 0 Å². The monoisotopic (exact) mass is 246 g/mol. The zero-order valence-electron chi connectivity index (χ0n) is 11.1. The summed E-state index contributed by atoms with van der Waals surface area (Å²) >= 11 is 0. The van der Waals surface area contributed by atoms with E-state index in [1.807, 2.05) is 32.9 Å². The fraction of sp³-hybridized carbons (Fsp3) is 0.385. The maximum Gasteiger partial charge on any atom is 0.222 e. The second-order valence-corrected chi connectivity index (χ2v) is 4.49. The molecular weight excluding hydrogens is 228 g/mol. The van der Waals surface area contributed by atoms with Crippen LogP contribution in [0, 0.1) is 20.8 Å². The molecule has 0 saturated heterocycles. The minimum Gasteiger partial charge on any atom is -0.466 e. The number of rotatable bonds is 3. The van der Waals surface area contributed by atoms with Crippen molar-refractivity contribution in [1.82, 2.24) is 9.97 Å². The van der Waals surface area contributed by atoms with E-state index >= 15 is 0 Å². The highest BCUT2D eigenvalue weighted by atomic mass is 16.3. The number of hydrogen-bond donors (Lipinski definition) is 2. The Morgan fingerprint density at radius 3 is 2.50 bits per heavy atom. The van der Waals surface area contributed by atoms with Gasteiger partial charge in [-0.2, -0.15) is 4.98 Å². The molecule has 0 aromatic carbocycles. The predicted molar refractivity (Wildman–Crippen MR) is 71.4 cm³/mol. The topological polar surface area (TPSA) is 77.0 Å². The molecule has 0 aliphatic carbocycles. The number of hydrogen-bond acceptors (Lipinski definition) is 5. The number of anilines is 2. The minimum atomic E-state index is 0.108. The lowest BCUT2D eigenvalue weighted by atomic mass is 10.1. The highest BCUT2D eigenvalue weighted by molar-refractivity contribution is 5.43. The van der Waals surface area contributed by atoms with E-state index < -0.39 is 0 Å². The summed E-state index contributed by atoms with van der Waals surface area (Å²) in [4.78, 5) is 8.21. The molecule has 2 heterocycles. The molecule has 0 radical (unpaired) electrons. The van der Waals surface area contributed by atoms with Gasteiger partial charge in [0.25, 0.3) is 0 Å². The van der Waals surface area contributed by atoms with E-state index in [9.17, 15) is 0 Å². The molecule has 2 aromatic rings. The molecule has 0 aliphatic heterocycles. The Morgan fingerprint density at radius 1 is 1.22 bits per heavy atom. The largest absolute Gasteiger partial charge is 0.466 e. The molecule has 0 saturated carbocycles. The number of nitrogens with zero attached hydrogens (tertiary/aromatic N) is 2. The van der Waals surface area contributed by atoms with Crippen molar-refractivity contribution in [3.63, 3.8) is 0 Å². The first kappa shape index (κ1) is 12.4. The van der Waals surface area contributed by atoms with Gasteiger partial charge >= 0.3 is 0 Å². The molecule has 0 amide bonds. The zero-order chi connectivity index (χ0) is 13.3. The van der Waals surface area contributed by atoms with Crippen molar-refractivity contribution < 1.29 is 4.42 Å². The van der Waals surface area contributed by atoms with Crippen molar-refractivity contribution in [2.24, 2.45) is 0 Å². The minimum absolute atomic E-state index is 0.108. The maximum atomic E-state index is 5.63. The molecule has 1 atom stereocenters. The fourth-order valence-electron chi connectivity index (χ4n) is 2.05. The first-order chi connectivity index (χ1) is 8.45. The molecule has 0 bridgehead atoms. The van der Waals surface area contributed by atoms with Crippen LogP contribution in [0.4, 0.5) is 11.8 Å². The molecule has 0 spiro atoms. The van der Waals surface area contributed by atoms with Crippen LogP contribution in [0.15, 0.2) is 16.5 Å². The molecule has 5 heteroatoms. The maximum absolute atomic E-state index is 5.63. The summed E-state index contributed by atoms with van der Waals surface area (Å²) in [6.45, 7) is 7.85. The highest BCUT2D eigenvalue weighted by Crippen LogP contribution is 2.24. The number of furan rings is 1. The molecular formula is C13H18N4O. The Bertz CT molecular complexity index is 542. The van der Waals surface area contributed by atoms with E-state index in [0.717, 1.165) is 28.6 Å². The number of nitrogens with two attached hydrogens (primary N) is 1. The lowest BCUT2D eigenvalue weighted by Crippen LogP contribution is -2.10. The third-order valence-corrected chi connectivity index (χ3v) is 2.78. The van der Waals surface area contributed by atoms with E-state index in [-0.39, 0.29) is 12.0 Å². The van der Waals surface area contributed by atoms with Crippen molar-refractivity contribution in [1.29, 1.82) is 0 Å². The van der Waals surface area contributed by atoms with Gasteiger partial charge in [-0.1, -0.05) is 0 Å². The molecule has 2 aromatic heterocycles. The van der Waals surface area contributed by atoms with E-state index in [1.54, 1.807) is 0 Å². The van der Waals surface area contributed by atoms with Gasteiger partial charge in [-0.05, 0) is 33.8 Å². The van der Waals surface area contributed by atoms with Gasteiger partial charge in [0, 0.05) is 17.3 Å². The van der Waals surface area contributed by atoms with Crippen LogP contribution in [0.1, 0.15) is 35.7 Å². The predicted octanol–water partition coefficient (Wildman–Crippen LogP) is 2.75. The van der Waals surface area contributed by atoms with Crippen LogP contribution < -0.4 is 11.1 Å². The van der Waals surface area contributed by atoms with Crippen LogP contribution in [0.5, 0.6) is 0 Å². The lowest BCUT2D eigenvalue weighted by molar-refractivity contribution is 0.500. The lowest BCUT2D eigenvalue weighted by Gasteiger charge is -2.14. The van der Waals surface area contributed by atoms with Gasteiger partial charge < -0.3 is 15.5 Å². The summed E-state index contributed by atoms with van der Waals surface area (Å²) in [5.74, 6) is 2.84. The summed E-state index contributed by atoms with van der Waals surface area (Å²) in [7, 11) is 0. The Balaban J connectivity index is 2.20. The molecule has 3 N–H and O–H groups in total. The van der Waals surface area contributed by atoms with Gasteiger partial charge in [0.2, 0.25) is 5.95 Å². The first-order valence-corrected chi connectivity index (χ1v) is 5.90. The quantitative estimate of drug-likeness (QED) is 0.870. The van der Waals surface area contributed by atoms with Crippen LogP contribution in [-0.2, 0) is 0 Å². The van der Waals surface area contributed by atoms with Gasteiger partial charge in [0.05, 0.1) is 6.04 Å². The van der Waals surface area contributed by atoms with Crippen molar-refractivity contribution in [3.8, 4) is 0 Å². The summed E-state index contributed by atoms with van der Waals surface area (Å²) in [5.41, 5.74) is 7.60.